The van der Waals surface area contributed by atoms with Gasteiger partial charge in [-0.2, -0.15) is 0 Å². The van der Waals surface area contributed by atoms with Crippen LogP contribution in [0.2, 0.25) is 0 Å². The number of hydrogen-bond donors (Lipinski definition) is 1. The van der Waals surface area contributed by atoms with Gasteiger partial charge in [0.25, 0.3) is 0 Å². The Kier molecular flexibility index (Phi) is 1.92. The van der Waals surface area contributed by atoms with Crippen molar-refractivity contribution < 1.29 is 5.11 Å². The molecule has 2 aliphatic carbocycles. The molecule has 1 heteroatoms. The molecule has 0 spiro atoms. The van der Waals surface area contributed by atoms with Crippen molar-refractivity contribution in [3.8, 4) is 0 Å². The Hall–Kier alpha value is -0.0400. The Morgan fingerprint density at radius 2 is 1.73 bits per heavy atom. The summed E-state index contributed by atoms with van der Waals surface area (Å²) in [6.45, 7) is 0. The molecule has 0 aromatic carbocycles. The molecule has 0 unspecified atom stereocenters. The minimum Gasteiger partial charge on any atom is -0.390 e. The Balaban J connectivity index is 1.76. The van der Waals surface area contributed by atoms with Gasteiger partial charge in [-0.3, -0.25) is 0 Å². The molecule has 1 N–H and O–H groups in total. The van der Waals surface area contributed by atoms with Gasteiger partial charge in [0, 0.05) is 0 Å². The van der Waals surface area contributed by atoms with E-state index in [0.29, 0.717) is 0 Å². The van der Waals surface area contributed by atoms with E-state index in [0.717, 1.165) is 25.2 Å². The van der Waals surface area contributed by atoms with Crippen LogP contribution in [-0.2, 0) is 0 Å². The van der Waals surface area contributed by atoms with Gasteiger partial charge in [0.2, 0.25) is 0 Å². The van der Waals surface area contributed by atoms with Gasteiger partial charge in [-0.05, 0) is 25.2 Å². The van der Waals surface area contributed by atoms with Gasteiger partial charge in [0.1, 0.15) is 0 Å². The van der Waals surface area contributed by atoms with Crippen molar-refractivity contribution in [2.45, 2.75) is 57.0 Å². The van der Waals surface area contributed by atoms with Crippen LogP contribution in [0.1, 0.15) is 51.4 Å². The number of aliphatic hydroxyl groups is 1. The minimum absolute atomic E-state index is 0.192. The van der Waals surface area contributed by atoms with E-state index in [1.165, 1.54) is 32.1 Å². The highest BCUT2D eigenvalue weighted by Crippen LogP contribution is 2.43. The molecule has 0 atom stereocenters. The molecule has 64 valence electrons. The molecule has 0 aromatic rings. The largest absolute Gasteiger partial charge is 0.390 e. The second-order valence-corrected chi connectivity index (χ2v) is 4.43. The lowest BCUT2D eigenvalue weighted by Crippen LogP contribution is -2.16. The maximum atomic E-state index is 9.68. The smallest absolute Gasteiger partial charge is 0.0652 e. The molecule has 2 aliphatic rings. The van der Waals surface area contributed by atoms with E-state index in [-0.39, 0.29) is 5.60 Å². The van der Waals surface area contributed by atoms with Crippen molar-refractivity contribution in [1.29, 1.82) is 0 Å². The van der Waals surface area contributed by atoms with Crippen molar-refractivity contribution in [3.63, 3.8) is 0 Å². The minimum atomic E-state index is -0.192. The summed E-state index contributed by atoms with van der Waals surface area (Å²) in [7, 11) is 0. The molecule has 1 nitrogen and oxygen atoms in total. The quantitative estimate of drug-likeness (QED) is 0.648. The summed E-state index contributed by atoms with van der Waals surface area (Å²) in [6, 6.07) is 0. The summed E-state index contributed by atoms with van der Waals surface area (Å²) < 4.78 is 0. The summed E-state index contributed by atoms with van der Waals surface area (Å²) in [5.41, 5.74) is -0.192. The molecule has 11 heavy (non-hydrogen) atoms. The van der Waals surface area contributed by atoms with Crippen molar-refractivity contribution >= 4 is 0 Å². The number of rotatable bonds is 2. The molecule has 0 amide bonds. The van der Waals surface area contributed by atoms with E-state index in [4.69, 9.17) is 0 Å². The molecule has 0 saturated heterocycles. The fourth-order valence-corrected chi connectivity index (χ4v) is 2.28. The van der Waals surface area contributed by atoms with Crippen LogP contribution in [0.3, 0.4) is 0 Å². The molecular formula is C10H18O. The molecule has 2 rings (SSSR count). The second kappa shape index (κ2) is 2.78. The fraction of sp³-hybridized carbons (Fsp3) is 1.00. The third-order valence-electron chi connectivity index (χ3n) is 3.22. The van der Waals surface area contributed by atoms with Crippen molar-refractivity contribution in [2.75, 3.05) is 0 Å². The van der Waals surface area contributed by atoms with E-state index in [1.54, 1.807) is 0 Å². The van der Waals surface area contributed by atoms with Crippen LogP contribution in [0.25, 0.3) is 0 Å². The highest BCUT2D eigenvalue weighted by molar-refractivity contribution is 4.95. The molecular weight excluding hydrogens is 136 g/mol. The SMILES string of the molecule is OC1(CC2CCCCC2)CC1. The fourth-order valence-electron chi connectivity index (χ4n) is 2.28. The highest BCUT2D eigenvalue weighted by atomic mass is 16.3. The van der Waals surface area contributed by atoms with Gasteiger partial charge in [0.05, 0.1) is 5.60 Å². The summed E-state index contributed by atoms with van der Waals surface area (Å²) in [6.07, 6.45) is 10.2. The summed E-state index contributed by atoms with van der Waals surface area (Å²) in [4.78, 5) is 0. The van der Waals surface area contributed by atoms with E-state index in [1.807, 2.05) is 0 Å². The zero-order valence-electron chi connectivity index (χ0n) is 7.18. The first kappa shape index (κ1) is 7.60. The molecule has 2 saturated carbocycles. The van der Waals surface area contributed by atoms with E-state index >= 15 is 0 Å². The zero-order chi connectivity index (χ0) is 7.73. The maximum Gasteiger partial charge on any atom is 0.0652 e. The van der Waals surface area contributed by atoms with Gasteiger partial charge < -0.3 is 5.11 Å². The predicted octanol–water partition coefficient (Wildman–Crippen LogP) is 2.48. The molecule has 0 heterocycles. The lowest BCUT2D eigenvalue weighted by atomic mass is 9.85. The predicted molar refractivity (Wildman–Crippen MR) is 45.4 cm³/mol. The van der Waals surface area contributed by atoms with Crippen LogP contribution < -0.4 is 0 Å². The Morgan fingerprint density at radius 3 is 2.27 bits per heavy atom. The van der Waals surface area contributed by atoms with Crippen LogP contribution in [0.15, 0.2) is 0 Å². The van der Waals surface area contributed by atoms with E-state index in [9.17, 15) is 5.11 Å². The van der Waals surface area contributed by atoms with Crippen LogP contribution in [0, 0.1) is 5.92 Å². The van der Waals surface area contributed by atoms with Crippen LogP contribution in [0.5, 0.6) is 0 Å². The molecule has 0 bridgehead atoms. The number of hydrogen-bond acceptors (Lipinski definition) is 1. The van der Waals surface area contributed by atoms with Crippen molar-refractivity contribution in [1.82, 2.24) is 0 Å². The van der Waals surface area contributed by atoms with Crippen LogP contribution in [0.4, 0.5) is 0 Å². The van der Waals surface area contributed by atoms with Crippen LogP contribution >= 0.6 is 0 Å². The van der Waals surface area contributed by atoms with Crippen LogP contribution in [-0.4, -0.2) is 10.7 Å². The van der Waals surface area contributed by atoms with Gasteiger partial charge in [-0.1, -0.05) is 32.1 Å². The van der Waals surface area contributed by atoms with E-state index < -0.39 is 0 Å². The van der Waals surface area contributed by atoms with Gasteiger partial charge in [-0.15, -0.1) is 0 Å². The lowest BCUT2D eigenvalue weighted by Gasteiger charge is -2.23. The monoisotopic (exact) mass is 154 g/mol. The molecule has 0 aromatic heterocycles. The third-order valence-corrected chi connectivity index (χ3v) is 3.22. The Labute approximate surface area is 68.8 Å². The lowest BCUT2D eigenvalue weighted by molar-refractivity contribution is 0.107. The zero-order valence-corrected chi connectivity index (χ0v) is 7.18. The third kappa shape index (κ3) is 1.96. The average molecular weight is 154 g/mol. The van der Waals surface area contributed by atoms with E-state index in [2.05, 4.69) is 0 Å². The Morgan fingerprint density at radius 1 is 1.09 bits per heavy atom. The van der Waals surface area contributed by atoms with Crippen molar-refractivity contribution in [2.24, 2.45) is 5.92 Å². The van der Waals surface area contributed by atoms with Gasteiger partial charge >= 0.3 is 0 Å². The van der Waals surface area contributed by atoms with Gasteiger partial charge in [0.15, 0.2) is 0 Å². The second-order valence-electron chi connectivity index (χ2n) is 4.43. The first-order chi connectivity index (χ1) is 5.29. The first-order valence-electron chi connectivity index (χ1n) is 5.01. The summed E-state index contributed by atoms with van der Waals surface area (Å²) in [5.74, 6) is 0.858. The standard InChI is InChI=1S/C10H18O/c11-10(6-7-10)8-9-4-2-1-3-5-9/h9,11H,1-8H2. The topological polar surface area (TPSA) is 20.2 Å². The molecule has 0 aliphatic heterocycles. The highest BCUT2D eigenvalue weighted by Gasteiger charge is 2.41. The maximum absolute atomic E-state index is 9.68. The normalized spacial score (nSPS) is 30.3. The van der Waals surface area contributed by atoms with Gasteiger partial charge in [-0.25, -0.2) is 0 Å². The Bertz CT molecular complexity index is 132. The average Bonchev–Trinajstić information content (AvgIpc) is 2.70. The molecule has 0 radical (unpaired) electrons. The summed E-state index contributed by atoms with van der Waals surface area (Å²) >= 11 is 0. The summed E-state index contributed by atoms with van der Waals surface area (Å²) in [5, 5.41) is 9.68. The first-order valence-corrected chi connectivity index (χ1v) is 5.01. The molecule has 2 fully saturated rings. The van der Waals surface area contributed by atoms with Crippen molar-refractivity contribution in [3.05, 3.63) is 0 Å².